The lowest BCUT2D eigenvalue weighted by Crippen LogP contribution is -2.50. The van der Waals surface area contributed by atoms with Gasteiger partial charge in [-0.25, -0.2) is 9.18 Å². The van der Waals surface area contributed by atoms with Crippen molar-refractivity contribution >= 4 is 39.3 Å². The number of hydrogen-bond donors (Lipinski definition) is 0. The largest absolute Gasteiger partial charge is 0.444 e. The summed E-state index contributed by atoms with van der Waals surface area (Å²) in [6.07, 6.45) is -1.01. The van der Waals surface area contributed by atoms with E-state index in [1.165, 1.54) is 0 Å². The topological polar surface area (TPSA) is 32.8 Å². The van der Waals surface area contributed by atoms with Crippen LogP contribution in [0.3, 0.4) is 0 Å². The van der Waals surface area contributed by atoms with Crippen LogP contribution in [0.5, 0.6) is 0 Å². The quantitative estimate of drug-likeness (QED) is 0.621. The van der Waals surface area contributed by atoms with Crippen LogP contribution in [0, 0.1) is 0 Å². The SMILES string of the molecule is CCC(F)c1cc(N2CCN(C(=O)OC(C)(C)C)CC2)cc(Br)c1Cl. The number of carbonyl (C=O) groups excluding carboxylic acids is 1. The second-order valence-corrected chi connectivity index (χ2v) is 8.39. The van der Waals surface area contributed by atoms with Gasteiger partial charge in [0.05, 0.1) is 5.02 Å². The molecule has 1 atom stereocenters. The Morgan fingerprint density at radius 3 is 2.44 bits per heavy atom. The molecular weight excluding hydrogens is 411 g/mol. The van der Waals surface area contributed by atoms with Crippen molar-refractivity contribution in [2.24, 2.45) is 0 Å². The van der Waals surface area contributed by atoms with Gasteiger partial charge in [0.25, 0.3) is 0 Å². The zero-order chi connectivity index (χ0) is 18.8. The van der Waals surface area contributed by atoms with Gasteiger partial charge in [-0.2, -0.15) is 0 Å². The molecule has 2 rings (SSSR count). The van der Waals surface area contributed by atoms with Gasteiger partial charge in [0, 0.05) is 41.9 Å². The number of nitrogens with zero attached hydrogens (tertiary/aromatic N) is 2. The summed E-state index contributed by atoms with van der Waals surface area (Å²) in [4.78, 5) is 16.0. The molecule has 0 spiro atoms. The monoisotopic (exact) mass is 434 g/mol. The first kappa shape index (κ1) is 20.3. The number of benzene rings is 1. The number of halogens is 3. The third-order valence-corrected chi connectivity index (χ3v) is 5.31. The van der Waals surface area contributed by atoms with Crippen LogP contribution in [0.2, 0.25) is 5.02 Å². The maximum atomic E-state index is 14.2. The van der Waals surface area contributed by atoms with E-state index in [0.29, 0.717) is 47.7 Å². The minimum absolute atomic E-state index is 0.292. The molecule has 140 valence electrons. The van der Waals surface area contributed by atoms with E-state index in [1.54, 1.807) is 11.8 Å². The van der Waals surface area contributed by atoms with Gasteiger partial charge < -0.3 is 14.5 Å². The van der Waals surface area contributed by atoms with Crippen LogP contribution in [-0.4, -0.2) is 42.8 Å². The summed E-state index contributed by atoms with van der Waals surface area (Å²) >= 11 is 9.65. The van der Waals surface area contributed by atoms with Crippen molar-refractivity contribution in [1.29, 1.82) is 0 Å². The molecule has 25 heavy (non-hydrogen) atoms. The van der Waals surface area contributed by atoms with E-state index >= 15 is 0 Å². The third kappa shape index (κ3) is 5.23. The Morgan fingerprint density at radius 2 is 1.92 bits per heavy atom. The predicted molar refractivity (Wildman–Crippen MR) is 103 cm³/mol. The van der Waals surface area contributed by atoms with E-state index < -0.39 is 11.8 Å². The van der Waals surface area contributed by atoms with E-state index in [2.05, 4.69) is 20.8 Å². The lowest BCUT2D eigenvalue weighted by atomic mass is 10.1. The first-order chi connectivity index (χ1) is 11.6. The fourth-order valence-electron chi connectivity index (χ4n) is 2.70. The molecule has 1 aliphatic rings. The highest BCUT2D eigenvalue weighted by Gasteiger charge is 2.27. The molecule has 1 saturated heterocycles. The van der Waals surface area contributed by atoms with E-state index in [1.807, 2.05) is 32.9 Å². The number of ether oxygens (including phenoxy) is 1. The summed E-state index contributed by atoms with van der Waals surface area (Å²) in [5.41, 5.74) is 0.912. The van der Waals surface area contributed by atoms with Gasteiger partial charge in [0.1, 0.15) is 11.8 Å². The molecule has 0 N–H and O–H groups in total. The lowest BCUT2D eigenvalue weighted by molar-refractivity contribution is 0.0240. The molecule has 1 heterocycles. The Hall–Kier alpha value is -1.01. The fourth-order valence-corrected chi connectivity index (χ4v) is 3.39. The zero-order valence-corrected chi connectivity index (χ0v) is 17.5. The van der Waals surface area contributed by atoms with Crippen molar-refractivity contribution in [2.75, 3.05) is 31.1 Å². The van der Waals surface area contributed by atoms with Crippen molar-refractivity contribution in [1.82, 2.24) is 4.90 Å². The second-order valence-electron chi connectivity index (χ2n) is 7.16. The van der Waals surface area contributed by atoms with Crippen molar-refractivity contribution in [3.8, 4) is 0 Å². The highest BCUT2D eigenvalue weighted by molar-refractivity contribution is 9.10. The molecule has 0 aromatic heterocycles. The Bertz CT molecular complexity index is 628. The molecule has 1 aromatic rings. The van der Waals surface area contributed by atoms with E-state index in [9.17, 15) is 9.18 Å². The van der Waals surface area contributed by atoms with Crippen LogP contribution < -0.4 is 4.90 Å². The van der Waals surface area contributed by atoms with Gasteiger partial charge in [-0.3, -0.25) is 0 Å². The lowest BCUT2D eigenvalue weighted by Gasteiger charge is -2.37. The minimum atomic E-state index is -1.09. The van der Waals surface area contributed by atoms with Crippen LogP contribution in [0.25, 0.3) is 0 Å². The molecule has 0 radical (unpaired) electrons. The number of anilines is 1. The summed E-state index contributed by atoms with van der Waals surface area (Å²) in [5.74, 6) is 0. The molecular formula is C18H25BrClFN2O2. The zero-order valence-electron chi connectivity index (χ0n) is 15.1. The molecule has 1 aliphatic heterocycles. The summed E-state index contributed by atoms with van der Waals surface area (Å²) in [6.45, 7) is 9.82. The van der Waals surface area contributed by atoms with Gasteiger partial charge >= 0.3 is 6.09 Å². The molecule has 0 bridgehead atoms. The predicted octanol–water partition coefficient (Wildman–Crippen LogP) is 5.58. The van der Waals surface area contributed by atoms with Gasteiger partial charge in [-0.1, -0.05) is 18.5 Å². The summed E-state index contributed by atoms with van der Waals surface area (Å²) < 4.78 is 20.3. The van der Waals surface area contributed by atoms with E-state index in [4.69, 9.17) is 16.3 Å². The number of alkyl halides is 1. The molecule has 1 fully saturated rings. The molecule has 7 heteroatoms. The summed E-state index contributed by atoms with van der Waals surface area (Å²) in [7, 11) is 0. The highest BCUT2D eigenvalue weighted by Crippen LogP contribution is 2.37. The number of piperazine rings is 1. The van der Waals surface area contributed by atoms with Crippen LogP contribution in [0.15, 0.2) is 16.6 Å². The van der Waals surface area contributed by atoms with Gasteiger partial charge in [-0.05, 0) is 55.3 Å². The molecule has 1 amide bonds. The van der Waals surface area contributed by atoms with Crippen molar-refractivity contribution in [3.63, 3.8) is 0 Å². The smallest absolute Gasteiger partial charge is 0.410 e. The number of carbonyl (C=O) groups is 1. The average molecular weight is 436 g/mol. The third-order valence-electron chi connectivity index (χ3n) is 4.03. The molecule has 0 aliphatic carbocycles. The van der Waals surface area contributed by atoms with Gasteiger partial charge in [0.2, 0.25) is 0 Å². The van der Waals surface area contributed by atoms with E-state index in [-0.39, 0.29) is 6.09 Å². The standard InChI is InChI=1S/C18H25BrClFN2O2/c1-5-15(21)13-10-12(11-14(19)16(13)20)22-6-8-23(9-7-22)17(24)25-18(2,3)4/h10-11,15H,5-9H2,1-4H3. The van der Waals surface area contributed by atoms with Gasteiger partial charge in [0.15, 0.2) is 0 Å². The first-order valence-corrected chi connectivity index (χ1v) is 9.65. The summed E-state index contributed by atoms with van der Waals surface area (Å²) in [5, 5.41) is 0.422. The molecule has 1 unspecified atom stereocenters. The Balaban J connectivity index is 2.08. The molecule has 4 nitrogen and oxygen atoms in total. The Morgan fingerprint density at radius 1 is 1.32 bits per heavy atom. The van der Waals surface area contributed by atoms with Crippen molar-refractivity contribution < 1.29 is 13.9 Å². The fraction of sp³-hybridized carbons (Fsp3) is 0.611. The van der Waals surface area contributed by atoms with Crippen LogP contribution in [-0.2, 0) is 4.74 Å². The normalized spacial score (nSPS) is 16.8. The average Bonchev–Trinajstić information content (AvgIpc) is 2.55. The maximum absolute atomic E-state index is 14.2. The second kappa shape index (κ2) is 8.12. The number of amides is 1. The van der Waals surface area contributed by atoms with Crippen LogP contribution >= 0.6 is 27.5 Å². The summed E-state index contributed by atoms with van der Waals surface area (Å²) in [6, 6.07) is 3.71. The van der Waals surface area contributed by atoms with E-state index in [0.717, 1.165) is 5.69 Å². The number of rotatable bonds is 3. The first-order valence-electron chi connectivity index (χ1n) is 8.48. The molecule has 1 aromatic carbocycles. The highest BCUT2D eigenvalue weighted by atomic mass is 79.9. The minimum Gasteiger partial charge on any atom is -0.444 e. The number of hydrogen-bond acceptors (Lipinski definition) is 3. The van der Waals surface area contributed by atoms with Gasteiger partial charge in [-0.15, -0.1) is 0 Å². The van der Waals surface area contributed by atoms with Crippen molar-refractivity contribution in [2.45, 2.75) is 45.9 Å². The van der Waals surface area contributed by atoms with Crippen molar-refractivity contribution in [3.05, 3.63) is 27.2 Å². The Labute approximate surface area is 162 Å². The molecule has 0 saturated carbocycles. The van der Waals surface area contributed by atoms with Crippen LogP contribution in [0.1, 0.15) is 45.9 Å². The van der Waals surface area contributed by atoms with Crippen LogP contribution in [0.4, 0.5) is 14.9 Å². The Kier molecular flexibility index (Phi) is 6.60. The maximum Gasteiger partial charge on any atom is 0.410 e.